The zero-order chi connectivity index (χ0) is 9.43. The monoisotopic (exact) mass is 209 g/mol. The van der Waals surface area contributed by atoms with Crippen LogP contribution in [0.2, 0.25) is 0 Å². The number of piperidine rings is 1. The van der Waals surface area contributed by atoms with E-state index in [1.165, 1.54) is 18.4 Å². The van der Waals surface area contributed by atoms with E-state index in [4.69, 9.17) is 4.74 Å². The molecule has 0 radical (unpaired) electrons. The Bertz CT molecular complexity index is 328. The first-order valence-electron chi connectivity index (χ1n) is 5.32. The molecule has 1 spiro atoms. The van der Waals surface area contributed by atoms with Crippen LogP contribution in [0.1, 0.15) is 23.3 Å². The molecule has 2 aliphatic heterocycles. The summed E-state index contributed by atoms with van der Waals surface area (Å²) >= 11 is 1.89. The van der Waals surface area contributed by atoms with Crippen LogP contribution in [0.25, 0.3) is 0 Å². The molecule has 0 amide bonds. The van der Waals surface area contributed by atoms with Crippen molar-refractivity contribution in [1.82, 2.24) is 5.32 Å². The van der Waals surface area contributed by atoms with Crippen molar-refractivity contribution in [2.24, 2.45) is 0 Å². The molecule has 3 heteroatoms. The van der Waals surface area contributed by atoms with E-state index in [1.807, 2.05) is 11.3 Å². The van der Waals surface area contributed by atoms with E-state index in [0.29, 0.717) is 0 Å². The first-order valence-corrected chi connectivity index (χ1v) is 6.20. The summed E-state index contributed by atoms with van der Waals surface area (Å²) in [4.78, 5) is 1.54. The van der Waals surface area contributed by atoms with Gasteiger partial charge < -0.3 is 10.1 Å². The Morgan fingerprint density at radius 2 is 2.50 bits per heavy atom. The molecule has 1 aromatic rings. The SMILES string of the molecule is c1cc2c(s1)CCO[C@]21CCCNC1. The molecule has 1 atom stereocenters. The molecule has 0 saturated carbocycles. The molecule has 0 aromatic carbocycles. The molecular weight excluding hydrogens is 194 g/mol. The minimum atomic E-state index is 0.0197. The van der Waals surface area contributed by atoms with Gasteiger partial charge in [0, 0.05) is 17.8 Å². The maximum atomic E-state index is 6.04. The Labute approximate surface area is 88.3 Å². The van der Waals surface area contributed by atoms with Crippen molar-refractivity contribution in [2.45, 2.75) is 24.9 Å². The van der Waals surface area contributed by atoms with Gasteiger partial charge in [-0.05, 0) is 36.4 Å². The lowest BCUT2D eigenvalue weighted by Gasteiger charge is -2.40. The van der Waals surface area contributed by atoms with Gasteiger partial charge in [-0.25, -0.2) is 0 Å². The number of nitrogens with one attached hydrogen (secondary N) is 1. The Morgan fingerprint density at radius 1 is 1.50 bits per heavy atom. The van der Waals surface area contributed by atoms with Crippen LogP contribution in [0.3, 0.4) is 0 Å². The van der Waals surface area contributed by atoms with Gasteiger partial charge in [-0.1, -0.05) is 0 Å². The number of hydrogen-bond acceptors (Lipinski definition) is 3. The lowest BCUT2D eigenvalue weighted by molar-refractivity contribution is -0.0739. The molecule has 76 valence electrons. The molecule has 1 fully saturated rings. The van der Waals surface area contributed by atoms with Crippen molar-refractivity contribution in [2.75, 3.05) is 19.7 Å². The van der Waals surface area contributed by atoms with Crippen LogP contribution in [0, 0.1) is 0 Å². The number of fused-ring (bicyclic) bond motifs is 2. The summed E-state index contributed by atoms with van der Waals surface area (Å²) < 4.78 is 6.04. The van der Waals surface area contributed by atoms with Gasteiger partial charge in [-0.3, -0.25) is 0 Å². The largest absolute Gasteiger partial charge is 0.369 e. The van der Waals surface area contributed by atoms with E-state index < -0.39 is 0 Å². The highest BCUT2D eigenvalue weighted by Crippen LogP contribution is 2.40. The molecule has 0 aliphatic carbocycles. The lowest BCUT2D eigenvalue weighted by Crippen LogP contribution is -2.47. The summed E-state index contributed by atoms with van der Waals surface area (Å²) in [6.45, 7) is 3.04. The summed E-state index contributed by atoms with van der Waals surface area (Å²) in [6.07, 6.45) is 3.52. The van der Waals surface area contributed by atoms with Crippen molar-refractivity contribution >= 4 is 11.3 Å². The van der Waals surface area contributed by atoms with E-state index in [9.17, 15) is 0 Å². The fourth-order valence-electron chi connectivity index (χ4n) is 2.59. The van der Waals surface area contributed by atoms with Gasteiger partial charge in [-0.2, -0.15) is 0 Å². The van der Waals surface area contributed by atoms with Gasteiger partial charge in [0.25, 0.3) is 0 Å². The first-order chi connectivity index (χ1) is 6.91. The number of rotatable bonds is 0. The molecule has 1 N–H and O–H groups in total. The highest BCUT2D eigenvalue weighted by Gasteiger charge is 2.39. The minimum absolute atomic E-state index is 0.0197. The third-order valence-corrected chi connectivity index (χ3v) is 4.27. The van der Waals surface area contributed by atoms with Crippen LogP contribution < -0.4 is 5.32 Å². The maximum Gasteiger partial charge on any atom is 0.107 e. The normalized spacial score (nSPS) is 31.7. The second-order valence-corrected chi connectivity index (χ2v) is 5.13. The van der Waals surface area contributed by atoms with Gasteiger partial charge in [0.15, 0.2) is 0 Å². The molecule has 3 heterocycles. The van der Waals surface area contributed by atoms with Crippen LogP contribution in [0.4, 0.5) is 0 Å². The molecule has 0 unspecified atom stereocenters. The second-order valence-electron chi connectivity index (χ2n) is 4.13. The van der Waals surface area contributed by atoms with Gasteiger partial charge >= 0.3 is 0 Å². The summed E-state index contributed by atoms with van der Waals surface area (Å²) in [5.41, 5.74) is 1.48. The van der Waals surface area contributed by atoms with E-state index in [1.54, 1.807) is 4.88 Å². The molecule has 3 rings (SSSR count). The average Bonchev–Trinajstić information content (AvgIpc) is 2.69. The van der Waals surface area contributed by atoms with Gasteiger partial charge in [0.2, 0.25) is 0 Å². The predicted octanol–water partition coefficient (Wildman–Crippen LogP) is 1.90. The third-order valence-electron chi connectivity index (χ3n) is 3.29. The minimum Gasteiger partial charge on any atom is -0.369 e. The molecular formula is C11H15NOS. The van der Waals surface area contributed by atoms with Crippen molar-refractivity contribution < 1.29 is 4.74 Å². The fraction of sp³-hybridized carbons (Fsp3) is 0.636. The number of ether oxygens (including phenoxy) is 1. The van der Waals surface area contributed by atoms with Crippen LogP contribution in [-0.4, -0.2) is 19.7 Å². The third kappa shape index (κ3) is 1.23. The summed E-state index contributed by atoms with van der Waals surface area (Å²) in [7, 11) is 0. The number of thiophene rings is 1. The Balaban J connectivity index is 2.01. The van der Waals surface area contributed by atoms with Crippen molar-refractivity contribution in [1.29, 1.82) is 0 Å². The van der Waals surface area contributed by atoms with Crippen LogP contribution in [0.5, 0.6) is 0 Å². The van der Waals surface area contributed by atoms with E-state index in [-0.39, 0.29) is 5.60 Å². The quantitative estimate of drug-likeness (QED) is 0.704. The summed E-state index contributed by atoms with van der Waals surface area (Å²) in [5, 5.41) is 5.66. The zero-order valence-electron chi connectivity index (χ0n) is 8.21. The van der Waals surface area contributed by atoms with E-state index in [2.05, 4.69) is 16.8 Å². The highest BCUT2D eigenvalue weighted by atomic mass is 32.1. The Kier molecular flexibility index (Phi) is 2.11. The van der Waals surface area contributed by atoms with Gasteiger partial charge in [0.05, 0.1) is 6.61 Å². The second kappa shape index (κ2) is 3.33. The molecule has 14 heavy (non-hydrogen) atoms. The molecule has 2 aliphatic rings. The zero-order valence-corrected chi connectivity index (χ0v) is 9.03. The highest BCUT2D eigenvalue weighted by molar-refractivity contribution is 7.10. The average molecular weight is 209 g/mol. The Morgan fingerprint density at radius 3 is 3.36 bits per heavy atom. The predicted molar refractivity (Wildman–Crippen MR) is 57.8 cm³/mol. The van der Waals surface area contributed by atoms with E-state index in [0.717, 1.165) is 26.1 Å². The van der Waals surface area contributed by atoms with E-state index >= 15 is 0 Å². The lowest BCUT2D eigenvalue weighted by atomic mass is 9.84. The fourth-order valence-corrected chi connectivity index (χ4v) is 3.54. The van der Waals surface area contributed by atoms with Crippen LogP contribution in [0.15, 0.2) is 11.4 Å². The molecule has 1 aromatic heterocycles. The van der Waals surface area contributed by atoms with Gasteiger partial charge in [-0.15, -0.1) is 11.3 Å². The van der Waals surface area contributed by atoms with Crippen LogP contribution >= 0.6 is 11.3 Å². The smallest absolute Gasteiger partial charge is 0.107 e. The maximum absolute atomic E-state index is 6.04. The Hall–Kier alpha value is -0.380. The van der Waals surface area contributed by atoms with Crippen molar-refractivity contribution in [3.8, 4) is 0 Å². The summed E-state index contributed by atoms with van der Waals surface area (Å²) in [6, 6.07) is 2.26. The molecule has 1 saturated heterocycles. The van der Waals surface area contributed by atoms with Gasteiger partial charge in [0.1, 0.15) is 5.60 Å². The molecule has 2 nitrogen and oxygen atoms in total. The first kappa shape index (κ1) is 8.89. The van der Waals surface area contributed by atoms with Crippen molar-refractivity contribution in [3.05, 3.63) is 21.9 Å². The van der Waals surface area contributed by atoms with Crippen LogP contribution in [-0.2, 0) is 16.8 Å². The van der Waals surface area contributed by atoms with Crippen molar-refractivity contribution in [3.63, 3.8) is 0 Å². The summed E-state index contributed by atoms with van der Waals surface area (Å²) in [5.74, 6) is 0. The number of hydrogen-bond donors (Lipinski definition) is 1. The standard InChI is InChI=1S/C11H15NOS/c1-4-11(8-12-5-1)9-3-7-14-10(9)2-6-13-11/h3,7,12H,1-2,4-6,8H2/t11-/m0/s1. The topological polar surface area (TPSA) is 21.3 Å². The molecule has 0 bridgehead atoms.